The Morgan fingerprint density at radius 2 is 1.93 bits per heavy atom. The van der Waals surface area contributed by atoms with Gasteiger partial charge in [-0.2, -0.15) is 0 Å². The number of carbonyl (C=O) groups excluding carboxylic acids is 1. The summed E-state index contributed by atoms with van der Waals surface area (Å²) in [7, 11) is -2.12. The summed E-state index contributed by atoms with van der Waals surface area (Å²) < 4.78 is 32.8. The molecule has 0 bridgehead atoms. The van der Waals surface area contributed by atoms with Crippen molar-refractivity contribution in [1.82, 2.24) is 14.9 Å². The van der Waals surface area contributed by atoms with E-state index in [1.807, 2.05) is 0 Å². The zero-order valence-electron chi connectivity index (χ0n) is 17.2. The van der Waals surface area contributed by atoms with Gasteiger partial charge in [-0.25, -0.2) is 17.9 Å². The Morgan fingerprint density at radius 1 is 1.21 bits per heavy atom. The molecule has 3 rings (SSSR count). The SMILES string of the molecule is CCCN1CCC(CNC(=O)Nc2cc(S(=O)(=O)NC3CC3)ccc2OC)CC1. The highest BCUT2D eigenvalue weighted by Gasteiger charge is 2.28. The number of amides is 2. The molecule has 2 aliphatic rings. The third-order valence-corrected chi connectivity index (χ3v) is 6.95. The molecule has 0 atom stereocenters. The zero-order chi connectivity index (χ0) is 20.9. The fraction of sp³-hybridized carbons (Fsp3) is 0.650. The summed E-state index contributed by atoms with van der Waals surface area (Å²) in [6.07, 6.45) is 5.03. The van der Waals surface area contributed by atoms with Crippen molar-refractivity contribution in [3.8, 4) is 5.75 Å². The standard InChI is InChI=1S/C20H32N4O4S/c1-3-10-24-11-8-15(9-12-24)14-21-20(25)22-18-13-17(6-7-19(18)28-2)29(26,27)23-16-4-5-16/h6-7,13,15-16,23H,3-5,8-12,14H2,1-2H3,(H2,21,22,25). The summed E-state index contributed by atoms with van der Waals surface area (Å²) in [6, 6.07) is 4.14. The number of likely N-dealkylation sites (tertiary alicyclic amines) is 1. The molecule has 2 fully saturated rings. The van der Waals surface area contributed by atoms with E-state index in [1.165, 1.54) is 19.2 Å². The minimum absolute atomic E-state index is 0.0190. The van der Waals surface area contributed by atoms with Gasteiger partial charge in [-0.15, -0.1) is 0 Å². The lowest BCUT2D eigenvalue weighted by Crippen LogP contribution is -2.40. The average Bonchev–Trinajstić information content (AvgIpc) is 3.51. The van der Waals surface area contributed by atoms with Crippen LogP contribution < -0.4 is 20.1 Å². The molecule has 0 radical (unpaired) electrons. The molecule has 1 heterocycles. The monoisotopic (exact) mass is 424 g/mol. The smallest absolute Gasteiger partial charge is 0.319 e. The normalized spacial score (nSPS) is 18.4. The number of benzene rings is 1. The number of hydrogen-bond acceptors (Lipinski definition) is 5. The molecule has 1 aromatic carbocycles. The Balaban J connectivity index is 1.55. The minimum Gasteiger partial charge on any atom is -0.495 e. The zero-order valence-corrected chi connectivity index (χ0v) is 18.1. The molecule has 1 saturated carbocycles. The molecule has 0 unspecified atom stereocenters. The number of nitrogens with zero attached hydrogens (tertiary/aromatic N) is 1. The number of piperidine rings is 1. The highest BCUT2D eigenvalue weighted by atomic mass is 32.2. The summed E-state index contributed by atoms with van der Waals surface area (Å²) in [6.45, 7) is 6.08. The van der Waals surface area contributed by atoms with Crippen LogP contribution in [0.4, 0.5) is 10.5 Å². The van der Waals surface area contributed by atoms with Gasteiger partial charge in [0.25, 0.3) is 0 Å². The molecule has 1 saturated heterocycles. The molecule has 29 heavy (non-hydrogen) atoms. The van der Waals surface area contributed by atoms with Crippen LogP contribution >= 0.6 is 0 Å². The minimum atomic E-state index is -3.60. The van der Waals surface area contributed by atoms with E-state index < -0.39 is 10.0 Å². The number of nitrogens with one attached hydrogen (secondary N) is 3. The quantitative estimate of drug-likeness (QED) is 0.565. The summed E-state index contributed by atoms with van der Waals surface area (Å²) in [5.74, 6) is 0.878. The number of ether oxygens (including phenoxy) is 1. The predicted molar refractivity (Wildman–Crippen MR) is 113 cm³/mol. The van der Waals surface area contributed by atoms with Gasteiger partial charge >= 0.3 is 6.03 Å². The molecule has 1 aliphatic heterocycles. The Kier molecular flexibility index (Phi) is 7.37. The van der Waals surface area contributed by atoms with Crippen molar-refractivity contribution in [1.29, 1.82) is 0 Å². The fourth-order valence-corrected chi connectivity index (χ4v) is 4.91. The van der Waals surface area contributed by atoms with Crippen LogP contribution in [0.15, 0.2) is 23.1 Å². The van der Waals surface area contributed by atoms with Crippen molar-refractivity contribution in [3.05, 3.63) is 18.2 Å². The van der Waals surface area contributed by atoms with E-state index in [0.29, 0.717) is 23.9 Å². The summed E-state index contributed by atoms with van der Waals surface area (Å²) in [5, 5.41) is 5.64. The summed E-state index contributed by atoms with van der Waals surface area (Å²) >= 11 is 0. The van der Waals surface area contributed by atoms with Gasteiger partial charge in [0.2, 0.25) is 10.0 Å². The molecule has 3 N–H and O–H groups in total. The van der Waals surface area contributed by atoms with E-state index in [4.69, 9.17) is 4.74 Å². The van der Waals surface area contributed by atoms with Gasteiger partial charge in [0.15, 0.2) is 0 Å². The molecule has 1 aliphatic carbocycles. The van der Waals surface area contributed by atoms with Crippen LogP contribution in [-0.4, -0.2) is 58.7 Å². The van der Waals surface area contributed by atoms with Crippen LogP contribution in [0.2, 0.25) is 0 Å². The largest absolute Gasteiger partial charge is 0.495 e. The van der Waals surface area contributed by atoms with E-state index >= 15 is 0 Å². The number of hydrogen-bond donors (Lipinski definition) is 3. The molecule has 162 valence electrons. The van der Waals surface area contributed by atoms with Crippen molar-refractivity contribution in [2.75, 3.05) is 38.6 Å². The van der Waals surface area contributed by atoms with Gasteiger partial charge in [0, 0.05) is 12.6 Å². The number of sulfonamides is 1. The lowest BCUT2D eigenvalue weighted by atomic mass is 9.97. The molecular formula is C20H32N4O4S. The Hall–Kier alpha value is -1.84. The van der Waals surface area contributed by atoms with Crippen LogP contribution in [0.5, 0.6) is 5.75 Å². The Bertz CT molecular complexity index is 803. The van der Waals surface area contributed by atoms with Crippen molar-refractivity contribution in [3.63, 3.8) is 0 Å². The number of carbonyl (C=O) groups is 1. The highest BCUT2D eigenvalue weighted by Crippen LogP contribution is 2.29. The first kappa shape index (κ1) is 21.9. The molecule has 1 aromatic rings. The van der Waals surface area contributed by atoms with E-state index in [0.717, 1.165) is 51.7 Å². The van der Waals surface area contributed by atoms with Gasteiger partial charge in [0.05, 0.1) is 17.7 Å². The first-order valence-electron chi connectivity index (χ1n) is 10.4. The van der Waals surface area contributed by atoms with Crippen LogP contribution in [-0.2, 0) is 10.0 Å². The first-order valence-corrected chi connectivity index (χ1v) is 11.9. The van der Waals surface area contributed by atoms with Crippen molar-refractivity contribution in [2.24, 2.45) is 5.92 Å². The lowest BCUT2D eigenvalue weighted by molar-refractivity contribution is 0.182. The molecular weight excluding hydrogens is 392 g/mol. The Labute approximate surface area is 173 Å². The van der Waals surface area contributed by atoms with Gasteiger partial charge in [-0.05, 0) is 75.9 Å². The number of rotatable bonds is 9. The second kappa shape index (κ2) is 9.77. The molecule has 9 heteroatoms. The van der Waals surface area contributed by atoms with Gasteiger partial charge in [-0.1, -0.05) is 6.92 Å². The van der Waals surface area contributed by atoms with Crippen LogP contribution in [0, 0.1) is 5.92 Å². The van der Waals surface area contributed by atoms with Crippen molar-refractivity contribution in [2.45, 2.75) is 50.0 Å². The van der Waals surface area contributed by atoms with Gasteiger partial charge in [-0.3, -0.25) is 0 Å². The van der Waals surface area contributed by atoms with Gasteiger partial charge in [0.1, 0.15) is 5.75 Å². The third-order valence-electron chi connectivity index (χ3n) is 5.43. The Morgan fingerprint density at radius 3 is 2.55 bits per heavy atom. The van der Waals surface area contributed by atoms with E-state index in [9.17, 15) is 13.2 Å². The van der Waals surface area contributed by atoms with Crippen LogP contribution in [0.1, 0.15) is 39.0 Å². The topological polar surface area (TPSA) is 99.8 Å². The second-order valence-corrected chi connectivity index (χ2v) is 9.59. The molecule has 8 nitrogen and oxygen atoms in total. The van der Waals surface area contributed by atoms with E-state index in [1.54, 1.807) is 6.07 Å². The maximum Gasteiger partial charge on any atom is 0.319 e. The van der Waals surface area contributed by atoms with Crippen LogP contribution in [0.25, 0.3) is 0 Å². The van der Waals surface area contributed by atoms with E-state index in [-0.39, 0.29) is 17.0 Å². The third kappa shape index (κ3) is 6.32. The predicted octanol–water partition coefficient (Wildman–Crippen LogP) is 2.38. The maximum atomic E-state index is 12.4. The second-order valence-electron chi connectivity index (χ2n) is 7.88. The maximum absolute atomic E-state index is 12.4. The number of anilines is 1. The van der Waals surface area contributed by atoms with E-state index in [2.05, 4.69) is 27.2 Å². The van der Waals surface area contributed by atoms with Crippen LogP contribution in [0.3, 0.4) is 0 Å². The lowest BCUT2D eigenvalue weighted by Gasteiger charge is -2.31. The molecule has 2 amide bonds. The summed E-state index contributed by atoms with van der Waals surface area (Å²) in [4.78, 5) is 15.0. The molecule has 0 spiro atoms. The summed E-state index contributed by atoms with van der Waals surface area (Å²) in [5.41, 5.74) is 0.335. The van der Waals surface area contributed by atoms with Gasteiger partial charge < -0.3 is 20.3 Å². The van der Waals surface area contributed by atoms with Crippen molar-refractivity contribution >= 4 is 21.7 Å². The average molecular weight is 425 g/mol. The number of urea groups is 1. The van der Waals surface area contributed by atoms with Crippen molar-refractivity contribution < 1.29 is 17.9 Å². The fourth-order valence-electron chi connectivity index (χ4n) is 3.57. The first-order chi connectivity index (χ1) is 13.9. The number of methoxy groups -OCH3 is 1. The highest BCUT2D eigenvalue weighted by molar-refractivity contribution is 7.89. The molecule has 0 aromatic heterocycles.